The number of alkyl halides is 1. The molecule has 18 heavy (non-hydrogen) atoms. The molecule has 0 aromatic carbocycles. The van der Waals surface area contributed by atoms with Crippen LogP contribution in [0.15, 0.2) is 12.3 Å². The summed E-state index contributed by atoms with van der Waals surface area (Å²) in [5.74, 6) is 0.544. The number of hydrogen-bond donors (Lipinski definition) is 0. The zero-order valence-corrected chi connectivity index (χ0v) is 11.6. The van der Waals surface area contributed by atoms with E-state index >= 15 is 0 Å². The van der Waals surface area contributed by atoms with Gasteiger partial charge in [-0.1, -0.05) is 19.3 Å². The van der Waals surface area contributed by atoms with Gasteiger partial charge in [0, 0.05) is 31.7 Å². The number of aryl methyl sites for hydroxylation is 1. The number of aromatic nitrogens is 2. The molecule has 4 nitrogen and oxygen atoms in total. The number of hydrogen-bond acceptors (Lipinski definition) is 2. The number of rotatable bonds is 4. The summed E-state index contributed by atoms with van der Waals surface area (Å²) in [4.78, 5) is 14.5. The zero-order chi connectivity index (χ0) is 13.0. The first-order valence-electron chi connectivity index (χ1n) is 6.59. The summed E-state index contributed by atoms with van der Waals surface area (Å²) in [7, 11) is 1.80. The first-order valence-corrected chi connectivity index (χ1v) is 7.12. The number of amides is 1. The summed E-state index contributed by atoms with van der Waals surface area (Å²) in [6.07, 6.45) is 7.56. The molecule has 1 fully saturated rings. The van der Waals surface area contributed by atoms with Gasteiger partial charge in [0.15, 0.2) is 0 Å². The van der Waals surface area contributed by atoms with Crippen LogP contribution in [-0.2, 0) is 7.05 Å². The van der Waals surface area contributed by atoms with Gasteiger partial charge in [0.25, 0.3) is 5.91 Å². The van der Waals surface area contributed by atoms with Crippen molar-refractivity contribution in [2.24, 2.45) is 7.05 Å². The van der Waals surface area contributed by atoms with Crippen LogP contribution >= 0.6 is 11.6 Å². The van der Waals surface area contributed by atoms with Crippen molar-refractivity contribution >= 4 is 17.5 Å². The normalized spacial score (nSPS) is 16.8. The Labute approximate surface area is 113 Å². The molecule has 1 heterocycles. The van der Waals surface area contributed by atoms with E-state index in [4.69, 9.17) is 11.6 Å². The maximum Gasteiger partial charge on any atom is 0.272 e. The maximum atomic E-state index is 12.5. The van der Waals surface area contributed by atoms with Gasteiger partial charge in [0.05, 0.1) is 0 Å². The molecule has 1 aliphatic carbocycles. The van der Waals surface area contributed by atoms with Gasteiger partial charge in [-0.15, -0.1) is 11.6 Å². The molecule has 0 N–H and O–H groups in total. The molecule has 0 atom stereocenters. The molecule has 0 bridgehead atoms. The van der Waals surface area contributed by atoms with E-state index in [0.717, 1.165) is 12.8 Å². The van der Waals surface area contributed by atoms with E-state index in [0.29, 0.717) is 24.2 Å². The molecule has 0 radical (unpaired) electrons. The number of nitrogens with zero attached hydrogens (tertiary/aromatic N) is 3. The second-order valence-corrected chi connectivity index (χ2v) is 5.20. The molecule has 0 aliphatic heterocycles. The van der Waals surface area contributed by atoms with E-state index in [1.165, 1.54) is 19.3 Å². The van der Waals surface area contributed by atoms with Crippen LogP contribution in [0.2, 0.25) is 0 Å². The Hall–Kier alpha value is -1.03. The molecule has 0 saturated heterocycles. The van der Waals surface area contributed by atoms with E-state index in [-0.39, 0.29) is 5.91 Å². The molecule has 1 amide bonds. The fourth-order valence-corrected chi connectivity index (χ4v) is 2.85. The van der Waals surface area contributed by atoms with Crippen molar-refractivity contribution in [3.05, 3.63) is 18.0 Å². The van der Waals surface area contributed by atoms with Crippen molar-refractivity contribution in [1.29, 1.82) is 0 Å². The Morgan fingerprint density at radius 1 is 1.50 bits per heavy atom. The summed E-state index contributed by atoms with van der Waals surface area (Å²) in [5, 5.41) is 4.06. The summed E-state index contributed by atoms with van der Waals surface area (Å²) in [5.41, 5.74) is 0.644. The third-order valence-corrected chi connectivity index (χ3v) is 3.81. The summed E-state index contributed by atoms with van der Waals surface area (Å²) in [6, 6.07) is 2.12. The Bertz CT molecular complexity index is 399. The van der Waals surface area contributed by atoms with Crippen LogP contribution in [0.25, 0.3) is 0 Å². The highest BCUT2D eigenvalue weighted by molar-refractivity contribution is 6.18. The molecule has 100 valence electrons. The van der Waals surface area contributed by atoms with Crippen LogP contribution in [0.4, 0.5) is 0 Å². The van der Waals surface area contributed by atoms with Crippen LogP contribution < -0.4 is 0 Å². The topological polar surface area (TPSA) is 38.1 Å². The molecule has 0 spiro atoms. The average molecular weight is 270 g/mol. The van der Waals surface area contributed by atoms with Crippen molar-refractivity contribution in [3.8, 4) is 0 Å². The van der Waals surface area contributed by atoms with Crippen molar-refractivity contribution < 1.29 is 4.79 Å². The largest absolute Gasteiger partial charge is 0.333 e. The molecular formula is C13H20ClN3O. The first kappa shape index (κ1) is 13.4. The molecule has 1 aromatic heterocycles. The highest BCUT2D eigenvalue weighted by Gasteiger charge is 2.27. The van der Waals surface area contributed by atoms with Gasteiger partial charge in [-0.05, 0) is 18.9 Å². The predicted octanol–water partition coefficient (Wildman–Crippen LogP) is 2.43. The van der Waals surface area contributed by atoms with Crippen molar-refractivity contribution in [2.75, 3.05) is 12.4 Å². The highest BCUT2D eigenvalue weighted by atomic mass is 35.5. The monoisotopic (exact) mass is 269 g/mol. The lowest BCUT2D eigenvalue weighted by Crippen LogP contribution is -2.43. The summed E-state index contributed by atoms with van der Waals surface area (Å²) in [6.45, 7) is 0.621. The minimum absolute atomic E-state index is 0.0579. The van der Waals surface area contributed by atoms with E-state index in [9.17, 15) is 4.79 Å². The minimum Gasteiger partial charge on any atom is -0.333 e. The maximum absolute atomic E-state index is 12.5. The summed E-state index contributed by atoms with van der Waals surface area (Å²) >= 11 is 5.84. The Kier molecular flexibility index (Phi) is 4.64. The van der Waals surface area contributed by atoms with Crippen molar-refractivity contribution in [3.63, 3.8) is 0 Å². The average Bonchev–Trinajstić information content (AvgIpc) is 2.82. The van der Waals surface area contributed by atoms with Crippen LogP contribution in [0.5, 0.6) is 0 Å². The fourth-order valence-electron chi connectivity index (χ4n) is 2.66. The van der Waals surface area contributed by atoms with Crippen molar-refractivity contribution in [1.82, 2.24) is 14.7 Å². The second-order valence-electron chi connectivity index (χ2n) is 4.82. The lowest BCUT2D eigenvalue weighted by Gasteiger charge is -2.34. The summed E-state index contributed by atoms with van der Waals surface area (Å²) < 4.78 is 1.63. The number of halogens is 1. The number of carbonyl (C=O) groups is 1. The van der Waals surface area contributed by atoms with E-state index in [2.05, 4.69) is 5.10 Å². The standard InChI is InChI=1S/C13H20ClN3O/c1-16-12(7-9-15-16)13(18)17(10-8-14)11-5-3-2-4-6-11/h7,9,11H,2-6,8,10H2,1H3. The quantitative estimate of drug-likeness (QED) is 0.788. The molecule has 2 rings (SSSR count). The smallest absolute Gasteiger partial charge is 0.272 e. The van der Waals surface area contributed by atoms with E-state index in [1.54, 1.807) is 24.0 Å². The molecular weight excluding hydrogens is 250 g/mol. The molecule has 1 saturated carbocycles. The molecule has 0 unspecified atom stereocenters. The number of carbonyl (C=O) groups excluding carboxylic acids is 1. The lowest BCUT2D eigenvalue weighted by atomic mass is 9.94. The van der Waals surface area contributed by atoms with Gasteiger partial charge in [0.1, 0.15) is 5.69 Å². The van der Waals surface area contributed by atoms with Gasteiger partial charge in [-0.2, -0.15) is 5.10 Å². The highest BCUT2D eigenvalue weighted by Crippen LogP contribution is 2.23. The Morgan fingerprint density at radius 3 is 2.78 bits per heavy atom. The third kappa shape index (κ3) is 2.86. The van der Waals surface area contributed by atoms with Crippen molar-refractivity contribution in [2.45, 2.75) is 38.1 Å². The van der Waals surface area contributed by atoms with Gasteiger partial charge < -0.3 is 4.90 Å². The molecule has 1 aliphatic rings. The zero-order valence-electron chi connectivity index (χ0n) is 10.8. The van der Waals surface area contributed by atoms with Gasteiger partial charge in [-0.3, -0.25) is 9.48 Å². The lowest BCUT2D eigenvalue weighted by molar-refractivity contribution is 0.0638. The second kappa shape index (κ2) is 6.23. The molecule has 1 aromatic rings. The van der Waals surface area contributed by atoms with Crippen LogP contribution in [0.1, 0.15) is 42.6 Å². The first-order chi connectivity index (χ1) is 8.74. The van der Waals surface area contributed by atoms with E-state index < -0.39 is 0 Å². The fraction of sp³-hybridized carbons (Fsp3) is 0.692. The van der Waals surface area contributed by atoms with Gasteiger partial charge in [0.2, 0.25) is 0 Å². The SMILES string of the molecule is Cn1nccc1C(=O)N(CCCl)C1CCCCC1. The molecule has 5 heteroatoms. The van der Waals surface area contributed by atoms with Crippen LogP contribution in [0, 0.1) is 0 Å². The van der Waals surface area contributed by atoms with Gasteiger partial charge >= 0.3 is 0 Å². The Balaban J connectivity index is 2.13. The Morgan fingerprint density at radius 2 is 2.22 bits per heavy atom. The minimum atomic E-state index is 0.0579. The van der Waals surface area contributed by atoms with Crippen LogP contribution in [0.3, 0.4) is 0 Å². The van der Waals surface area contributed by atoms with E-state index in [1.807, 2.05) is 4.90 Å². The van der Waals surface area contributed by atoms with Gasteiger partial charge in [-0.25, -0.2) is 0 Å². The third-order valence-electron chi connectivity index (χ3n) is 3.64. The van der Waals surface area contributed by atoms with Crippen LogP contribution in [-0.4, -0.2) is 39.1 Å². The predicted molar refractivity (Wildman–Crippen MR) is 71.8 cm³/mol.